The molecule has 1 fully saturated rings. The van der Waals surface area contributed by atoms with E-state index < -0.39 is 0 Å². The number of piperidine rings is 1. The third kappa shape index (κ3) is 3.80. The number of anilines is 1. The van der Waals surface area contributed by atoms with E-state index in [1.54, 1.807) is 44.7 Å². The van der Waals surface area contributed by atoms with Crippen LogP contribution in [-0.4, -0.2) is 59.0 Å². The van der Waals surface area contributed by atoms with E-state index >= 15 is 0 Å². The summed E-state index contributed by atoms with van der Waals surface area (Å²) in [4.78, 5) is 23.5. The molecule has 9 heteroatoms. The zero-order valence-corrected chi connectivity index (χ0v) is 16.8. The molecule has 1 aliphatic rings. The molecule has 0 aliphatic carbocycles. The van der Waals surface area contributed by atoms with E-state index in [-0.39, 0.29) is 11.9 Å². The third-order valence-electron chi connectivity index (χ3n) is 5.22. The number of carbonyl (C=O) groups excluding carboxylic acids is 1. The molecule has 1 saturated heterocycles. The van der Waals surface area contributed by atoms with Gasteiger partial charge in [-0.1, -0.05) is 0 Å². The van der Waals surface area contributed by atoms with Crippen LogP contribution < -0.4 is 19.7 Å². The summed E-state index contributed by atoms with van der Waals surface area (Å²) in [6.07, 6.45) is 6.55. The van der Waals surface area contributed by atoms with Crippen molar-refractivity contribution in [3.63, 3.8) is 0 Å². The van der Waals surface area contributed by atoms with Gasteiger partial charge in [0.1, 0.15) is 12.1 Å². The highest BCUT2D eigenvalue weighted by Crippen LogP contribution is 2.35. The molecule has 1 aliphatic heterocycles. The van der Waals surface area contributed by atoms with Crippen LogP contribution in [0.15, 0.2) is 30.9 Å². The molecule has 1 N–H and O–H groups in total. The molecule has 29 heavy (non-hydrogen) atoms. The Morgan fingerprint density at radius 3 is 2.52 bits per heavy atom. The van der Waals surface area contributed by atoms with Gasteiger partial charge >= 0.3 is 0 Å². The highest BCUT2D eigenvalue weighted by atomic mass is 16.5. The molecule has 0 atom stereocenters. The summed E-state index contributed by atoms with van der Waals surface area (Å²) in [5.74, 6) is 2.07. The van der Waals surface area contributed by atoms with Gasteiger partial charge in [0.2, 0.25) is 0 Å². The molecular weight excluding hydrogens is 372 g/mol. The van der Waals surface area contributed by atoms with Crippen molar-refractivity contribution in [3.8, 4) is 11.5 Å². The van der Waals surface area contributed by atoms with E-state index in [9.17, 15) is 4.79 Å². The second-order valence-corrected chi connectivity index (χ2v) is 7.06. The van der Waals surface area contributed by atoms with Crippen molar-refractivity contribution in [2.75, 3.05) is 32.2 Å². The molecule has 0 spiro atoms. The number of hydrogen-bond acceptors (Lipinski definition) is 7. The van der Waals surface area contributed by atoms with Crippen molar-refractivity contribution in [1.82, 2.24) is 25.1 Å². The van der Waals surface area contributed by atoms with Crippen LogP contribution in [0.25, 0.3) is 10.9 Å². The third-order valence-corrected chi connectivity index (χ3v) is 5.22. The normalized spacial score (nSPS) is 14.8. The van der Waals surface area contributed by atoms with E-state index in [0.29, 0.717) is 17.1 Å². The Labute approximate surface area is 168 Å². The lowest BCUT2D eigenvalue weighted by Gasteiger charge is -2.33. The van der Waals surface area contributed by atoms with Gasteiger partial charge in [0.05, 0.1) is 31.5 Å². The van der Waals surface area contributed by atoms with Crippen LogP contribution >= 0.6 is 0 Å². The van der Waals surface area contributed by atoms with E-state index in [4.69, 9.17) is 9.47 Å². The average molecular weight is 396 g/mol. The Morgan fingerprint density at radius 1 is 1.14 bits per heavy atom. The van der Waals surface area contributed by atoms with Gasteiger partial charge in [-0.3, -0.25) is 9.48 Å². The van der Waals surface area contributed by atoms with Crippen molar-refractivity contribution >= 4 is 22.6 Å². The van der Waals surface area contributed by atoms with E-state index in [1.807, 2.05) is 12.1 Å². The number of nitrogens with one attached hydrogen (secondary N) is 1. The number of aromatic nitrogens is 4. The van der Waals surface area contributed by atoms with Crippen molar-refractivity contribution < 1.29 is 14.3 Å². The van der Waals surface area contributed by atoms with Gasteiger partial charge in [-0.2, -0.15) is 5.10 Å². The molecule has 152 valence electrons. The fraction of sp³-hybridized carbons (Fsp3) is 0.400. The Hall–Kier alpha value is -3.36. The first-order valence-corrected chi connectivity index (χ1v) is 9.50. The average Bonchev–Trinajstić information content (AvgIpc) is 3.19. The molecule has 0 saturated carbocycles. The number of rotatable bonds is 5. The van der Waals surface area contributed by atoms with Gasteiger partial charge in [-0.05, 0) is 18.9 Å². The number of methoxy groups -OCH3 is 2. The quantitative estimate of drug-likeness (QED) is 0.702. The first-order valence-electron chi connectivity index (χ1n) is 9.50. The smallest absolute Gasteiger partial charge is 0.254 e. The maximum absolute atomic E-state index is 12.4. The van der Waals surface area contributed by atoms with Crippen LogP contribution in [0.3, 0.4) is 0 Å². The molecule has 2 aromatic heterocycles. The van der Waals surface area contributed by atoms with Gasteiger partial charge in [0.25, 0.3) is 5.91 Å². The largest absolute Gasteiger partial charge is 0.493 e. The van der Waals surface area contributed by atoms with E-state index in [1.165, 1.54) is 0 Å². The van der Waals surface area contributed by atoms with Crippen LogP contribution in [0.1, 0.15) is 23.2 Å². The number of ether oxygens (including phenoxy) is 2. The summed E-state index contributed by atoms with van der Waals surface area (Å²) in [7, 11) is 5.02. The van der Waals surface area contributed by atoms with Gasteiger partial charge in [0, 0.05) is 43.8 Å². The Bertz CT molecular complexity index is 1030. The minimum atomic E-state index is -0.0825. The summed E-state index contributed by atoms with van der Waals surface area (Å²) in [5, 5.41) is 8.07. The van der Waals surface area contributed by atoms with Crippen molar-refractivity contribution in [3.05, 3.63) is 36.4 Å². The lowest BCUT2D eigenvalue weighted by molar-refractivity contribution is 0.0931. The number of carbonyl (C=O) groups is 1. The number of amides is 1. The molecule has 0 radical (unpaired) electrons. The molecule has 3 heterocycles. The molecule has 0 unspecified atom stereocenters. The summed E-state index contributed by atoms with van der Waals surface area (Å²) in [6, 6.07) is 3.90. The Kier molecular flexibility index (Phi) is 5.20. The zero-order valence-electron chi connectivity index (χ0n) is 16.8. The highest BCUT2D eigenvalue weighted by Gasteiger charge is 2.24. The van der Waals surface area contributed by atoms with Crippen LogP contribution in [0.2, 0.25) is 0 Å². The van der Waals surface area contributed by atoms with E-state index in [0.717, 1.165) is 42.7 Å². The van der Waals surface area contributed by atoms with E-state index in [2.05, 4.69) is 25.3 Å². The number of aryl methyl sites for hydroxylation is 1. The first kappa shape index (κ1) is 19.0. The fourth-order valence-corrected chi connectivity index (χ4v) is 3.66. The molecule has 3 aromatic rings. The topological polar surface area (TPSA) is 94.4 Å². The number of benzene rings is 1. The standard InChI is InChI=1S/C20H24N6O3/c1-25-11-13(10-23-25)20(27)24-14-4-6-26(7-5-14)19-15-8-17(28-2)18(29-3)9-16(15)21-12-22-19/h8-12,14H,4-7H2,1-3H3,(H,24,27). The highest BCUT2D eigenvalue weighted by molar-refractivity contribution is 5.94. The zero-order chi connectivity index (χ0) is 20.4. The van der Waals surface area contributed by atoms with Crippen LogP contribution in [0, 0.1) is 0 Å². The fourth-order valence-electron chi connectivity index (χ4n) is 3.66. The lowest BCUT2D eigenvalue weighted by atomic mass is 10.0. The molecule has 1 aromatic carbocycles. The second-order valence-electron chi connectivity index (χ2n) is 7.06. The van der Waals surface area contributed by atoms with Crippen molar-refractivity contribution in [2.24, 2.45) is 7.05 Å². The number of hydrogen-bond donors (Lipinski definition) is 1. The van der Waals surface area contributed by atoms with Gasteiger partial charge in [-0.25, -0.2) is 9.97 Å². The summed E-state index contributed by atoms with van der Waals surface area (Å²) >= 11 is 0. The molecule has 9 nitrogen and oxygen atoms in total. The molecular formula is C20H24N6O3. The van der Waals surface area contributed by atoms with Crippen LogP contribution in [0.5, 0.6) is 11.5 Å². The van der Waals surface area contributed by atoms with Crippen molar-refractivity contribution in [2.45, 2.75) is 18.9 Å². The monoisotopic (exact) mass is 396 g/mol. The Morgan fingerprint density at radius 2 is 1.86 bits per heavy atom. The van der Waals surface area contributed by atoms with Crippen LogP contribution in [0.4, 0.5) is 5.82 Å². The maximum atomic E-state index is 12.4. The minimum absolute atomic E-state index is 0.0825. The maximum Gasteiger partial charge on any atom is 0.254 e. The molecule has 0 bridgehead atoms. The summed E-state index contributed by atoms with van der Waals surface area (Å²) in [6.45, 7) is 1.58. The minimum Gasteiger partial charge on any atom is -0.493 e. The van der Waals surface area contributed by atoms with Gasteiger partial charge in [-0.15, -0.1) is 0 Å². The lowest BCUT2D eigenvalue weighted by Crippen LogP contribution is -2.45. The van der Waals surface area contributed by atoms with Crippen molar-refractivity contribution in [1.29, 1.82) is 0 Å². The number of nitrogens with zero attached hydrogens (tertiary/aromatic N) is 5. The second kappa shape index (κ2) is 7.94. The van der Waals surface area contributed by atoms with Gasteiger partial charge < -0.3 is 19.7 Å². The Balaban J connectivity index is 1.48. The molecule has 4 rings (SSSR count). The predicted octanol–water partition coefficient (Wildman–Crippen LogP) is 1.78. The first-order chi connectivity index (χ1) is 14.1. The SMILES string of the molecule is COc1cc2ncnc(N3CCC(NC(=O)c4cnn(C)c4)CC3)c2cc1OC. The van der Waals surface area contributed by atoms with Gasteiger partial charge in [0.15, 0.2) is 11.5 Å². The predicted molar refractivity (Wildman–Crippen MR) is 109 cm³/mol. The summed E-state index contributed by atoms with van der Waals surface area (Å²) < 4.78 is 12.4. The molecule has 1 amide bonds. The van der Waals surface area contributed by atoms with Crippen LogP contribution in [-0.2, 0) is 7.05 Å². The summed E-state index contributed by atoms with van der Waals surface area (Å²) in [5.41, 5.74) is 1.39. The number of fused-ring (bicyclic) bond motifs is 1.